The fourth-order valence-electron chi connectivity index (χ4n) is 4.78. The van der Waals surface area contributed by atoms with E-state index >= 15 is 0 Å². The third-order valence-electron chi connectivity index (χ3n) is 6.50. The van der Waals surface area contributed by atoms with Gasteiger partial charge in [-0.25, -0.2) is 0 Å². The second-order valence-electron chi connectivity index (χ2n) is 10.3. The van der Waals surface area contributed by atoms with Crippen LogP contribution >= 0.6 is 23.4 Å². The van der Waals surface area contributed by atoms with Crippen molar-refractivity contribution in [2.45, 2.75) is 62.9 Å². The predicted octanol–water partition coefficient (Wildman–Crippen LogP) is 8.61. The Hall–Kier alpha value is -2.51. The van der Waals surface area contributed by atoms with Gasteiger partial charge < -0.3 is 18.9 Å². The summed E-state index contributed by atoms with van der Waals surface area (Å²) in [6.07, 6.45) is 2.88. The van der Waals surface area contributed by atoms with Crippen molar-refractivity contribution in [2.24, 2.45) is 11.3 Å². The zero-order chi connectivity index (χ0) is 28.8. The quantitative estimate of drug-likeness (QED) is 0.0899. The van der Waals surface area contributed by atoms with Crippen molar-refractivity contribution in [2.75, 3.05) is 27.1 Å². The van der Waals surface area contributed by atoms with Crippen LogP contribution in [0.2, 0.25) is 5.02 Å². The Morgan fingerprint density at radius 1 is 1.00 bits per heavy atom. The Morgan fingerprint density at radius 3 is 2.48 bits per heavy atom. The number of hydrogen-bond donors (Lipinski definition) is 0. The second kappa shape index (κ2) is 16.7. The summed E-state index contributed by atoms with van der Waals surface area (Å²) in [7, 11) is 1.58. The number of aryl methyl sites for hydroxylation is 1. The predicted molar refractivity (Wildman–Crippen MR) is 162 cm³/mol. The summed E-state index contributed by atoms with van der Waals surface area (Å²) in [5, 5.41) is 0.725. The van der Waals surface area contributed by atoms with Crippen LogP contribution in [0.15, 0.2) is 82.6 Å². The van der Waals surface area contributed by atoms with E-state index in [0.717, 1.165) is 44.5 Å². The average Bonchev–Trinajstić information content (AvgIpc) is 2.94. The Bertz CT molecular complexity index is 1190. The smallest absolute Gasteiger partial charge is 0.314 e. The van der Waals surface area contributed by atoms with Gasteiger partial charge in [0.05, 0.1) is 18.6 Å². The average molecular weight is 585 g/mol. The zero-order valence-electron chi connectivity index (χ0n) is 24.0. The molecule has 1 unspecified atom stereocenters. The third-order valence-corrected chi connectivity index (χ3v) is 7.83. The minimum Gasteiger partial charge on any atom is -0.489 e. The molecule has 0 aliphatic rings. The molecule has 0 fully saturated rings. The first-order chi connectivity index (χ1) is 19.3. The molecule has 1 atom stereocenters. The second-order valence-corrected chi connectivity index (χ2v) is 11.9. The van der Waals surface area contributed by atoms with Gasteiger partial charge in [-0.3, -0.25) is 4.79 Å². The van der Waals surface area contributed by atoms with E-state index in [9.17, 15) is 4.79 Å². The number of ether oxygens (including phenoxy) is 4. The summed E-state index contributed by atoms with van der Waals surface area (Å²) >= 11 is 8.37. The van der Waals surface area contributed by atoms with E-state index in [1.54, 1.807) is 18.9 Å². The summed E-state index contributed by atoms with van der Waals surface area (Å²) in [5.74, 6) is 0.947. The van der Waals surface area contributed by atoms with Gasteiger partial charge in [-0.1, -0.05) is 79.7 Å². The lowest BCUT2D eigenvalue weighted by Gasteiger charge is -2.33. The first kappa shape index (κ1) is 32.0. The lowest BCUT2D eigenvalue weighted by molar-refractivity contribution is -0.165. The molecular weight excluding hydrogens is 544 g/mol. The molecule has 0 aliphatic heterocycles. The molecule has 0 spiro atoms. The normalized spacial score (nSPS) is 12.8. The summed E-state index contributed by atoms with van der Waals surface area (Å²) in [6.45, 7) is 7.35. The van der Waals surface area contributed by atoms with Gasteiger partial charge >= 0.3 is 5.97 Å². The van der Waals surface area contributed by atoms with E-state index in [-0.39, 0.29) is 19.4 Å². The molecular formula is C33H41ClO5S. The molecule has 0 heterocycles. The van der Waals surface area contributed by atoms with E-state index in [2.05, 4.69) is 44.2 Å². The molecule has 7 heteroatoms. The van der Waals surface area contributed by atoms with Crippen molar-refractivity contribution in [3.05, 3.63) is 88.9 Å². The van der Waals surface area contributed by atoms with Crippen LogP contribution in [0, 0.1) is 11.3 Å². The van der Waals surface area contributed by atoms with Gasteiger partial charge in [-0.2, -0.15) is 0 Å². The van der Waals surface area contributed by atoms with Crippen molar-refractivity contribution < 1.29 is 23.7 Å². The van der Waals surface area contributed by atoms with Crippen LogP contribution in [0.3, 0.4) is 0 Å². The Labute approximate surface area is 248 Å². The van der Waals surface area contributed by atoms with Crippen LogP contribution in [-0.2, 0) is 32.0 Å². The third kappa shape index (κ3) is 10.2. The van der Waals surface area contributed by atoms with E-state index in [1.807, 2.05) is 49.4 Å². The van der Waals surface area contributed by atoms with Crippen LogP contribution in [0.1, 0.15) is 51.2 Å². The number of carbonyl (C=O) groups is 1. The fourth-order valence-corrected chi connectivity index (χ4v) is 6.03. The molecule has 0 saturated carbocycles. The number of hydrogen-bond acceptors (Lipinski definition) is 6. The first-order valence-electron chi connectivity index (χ1n) is 13.8. The monoisotopic (exact) mass is 584 g/mol. The van der Waals surface area contributed by atoms with Gasteiger partial charge in [0.1, 0.15) is 19.1 Å². The molecule has 0 bridgehead atoms. The number of benzene rings is 3. The zero-order valence-corrected chi connectivity index (χ0v) is 25.6. The number of halogens is 1. The highest BCUT2D eigenvalue weighted by molar-refractivity contribution is 7.99. The molecule has 40 heavy (non-hydrogen) atoms. The molecule has 5 nitrogen and oxygen atoms in total. The largest absolute Gasteiger partial charge is 0.489 e. The molecule has 3 aromatic rings. The Balaban J connectivity index is 1.62. The minimum absolute atomic E-state index is 0.145. The SMILES string of the molecule is CCOC(=O)C(CCCc1ccc(Sc2cccc(OCc3ccccc3)c2)cc1Cl)(COCOC)CC(C)C. The molecule has 3 rings (SSSR count). The number of esters is 1. The van der Waals surface area contributed by atoms with Gasteiger partial charge in [-0.05, 0) is 80.0 Å². The van der Waals surface area contributed by atoms with E-state index in [4.69, 9.17) is 30.5 Å². The van der Waals surface area contributed by atoms with Crippen LogP contribution in [0.5, 0.6) is 5.75 Å². The van der Waals surface area contributed by atoms with Crippen molar-refractivity contribution in [3.8, 4) is 5.75 Å². The highest BCUT2D eigenvalue weighted by Crippen LogP contribution is 2.37. The Morgan fingerprint density at radius 2 is 1.77 bits per heavy atom. The maximum atomic E-state index is 13.1. The summed E-state index contributed by atoms with van der Waals surface area (Å²) in [6, 6.07) is 24.4. The van der Waals surface area contributed by atoms with Gasteiger partial charge in [0, 0.05) is 21.9 Å². The van der Waals surface area contributed by atoms with Gasteiger partial charge in [0.25, 0.3) is 0 Å². The topological polar surface area (TPSA) is 54.0 Å². The van der Waals surface area contributed by atoms with E-state index < -0.39 is 5.41 Å². The van der Waals surface area contributed by atoms with Crippen molar-refractivity contribution in [1.29, 1.82) is 0 Å². The van der Waals surface area contributed by atoms with Crippen molar-refractivity contribution >= 4 is 29.3 Å². The molecule has 0 aliphatic carbocycles. The maximum Gasteiger partial charge on any atom is 0.314 e. The highest BCUT2D eigenvalue weighted by Gasteiger charge is 2.40. The van der Waals surface area contributed by atoms with Crippen LogP contribution in [0.4, 0.5) is 0 Å². The molecule has 0 N–H and O–H groups in total. The maximum absolute atomic E-state index is 13.1. The fraction of sp³-hybridized carbons (Fsp3) is 0.424. The lowest BCUT2D eigenvalue weighted by atomic mass is 9.76. The van der Waals surface area contributed by atoms with Crippen LogP contribution in [-0.4, -0.2) is 33.1 Å². The number of rotatable bonds is 17. The van der Waals surface area contributed by atoms with Gasteiger partial charge in [0.15, 0.2) is 0 Å². The summed E-state index contributed by atoms with van der Waals surface area (Å²) < 4.78 is 22.2. The molecule has 0 radical (unpaired) electrons. The summed E-state index contributed by atoms with van der Waals surface area (Å²) in [5.41, 5.74) is 1.48. The molecule has 0 saturated heterocycles. The van der Waals surface area contributed by atoms with E-state index in [1.165, 1.54) is 0 Å². The van der Waals surface area contributed by atoms with Gasteiger partial charge in [-0.15, -0.1) is 0 Å². The summed E-state index contributed by atoms with van der Waals surface area (Å²) in [4.78, 5) is 15.2. The number of carbonyl (C=O) groups excluding carboxylic acids is 1. The number of methoxy groups -OCH3 is 1. The van der Waals surface area contributed by atoms with Crippen LogP contribution < -0.4 is 4.74 Å². The van der Waals surface area contributed by atoms with E-state index in [0.29, 0.717) is 32.0 Å². The van der Waals surface area contributed by atoms with Gasteiger partial charge in [0.2, 0.25) is 0 Å². The highest BCUT2D eigenvalue weighted by atomic mass is 35.5. The van der Waals surface area contributed by atoms with Crippen molar-refractivity contribution in [1.82, 2.24) is 0 Å². The Kier molecular flexibility index (Phi) is 13.3. The van der Waals surface area contributed by atoms with Crippen molar-refractivity contribution in [3.63, 3.8) is 0 Å². The standard InChI is InChI=1S/C33H41ClO5S/c1-5-38-32(35)33(21-25(2)3,23-37-24-36-4)18-10-13-27-16-17-30(20-31(27)34)40-29-15-9-14-28(19-29)39-22-26-11-7-6-8-12-26/h6-9,11-12,14-17,19-20,25H,5,10,13,18,21-24H2,1-4H3. The molecule has 216 valence electrons. The van der Waals surface area contributed by atoms with Crippen LogP contribution in [0.25, 0.3) is 0 Å². The molecule has 0 aromatic heterocycles. The lowest BCUT2D eigenvalue weighted by Crippen LogP contribution is -2.39. The minimum atomic E-state index is -0.710. The first-order valence-corrected chi connectivity index (χ1v) is 15.0. The molecule has 0 amide bonds. The molecule has 3 aromatic carbocycles.